The Bertz CT molecular complexity index is 715. The summed E-state index contributed by atoms with van der Waals surface area (Å²) in [5.74, 6) is -0.125. The first kappa shape index (κ1) is 21.8. The summed E-state index contributed by atoms with van der Waals surface area (Å²) in [4.78, 5) is 15.0. The van der Waals surface area contributed by atoms with Crippen molar-refractivity contribution in [2.24, 2.45) is 0 Å². The zero-order valence-corrected chi connectivity index (χ0v) is 16.3. The van der Waals surface area contributed by atoms with Crippen LogP contribution in [0.25, 0.3) is 0 Å². The summed E-state index contributed by atoms with van der Waals surface area (Å²) in [6, 6.07) is 2.37. The fraction of sp³-hybridized carbons (Fsp3) is 0.684. The lowest BCUT2D eigenvalue weighted by Gasteiger charge is -2.43. The second-order valence-electron chi connectivity index (χ2n) is 7.69. The van der Waals surface area contributed by atoms with Crippen LogP contribution in [0, 0.1) is 10.1 Å². The van der Waals surface area contributed by atoms with E-state index in [-0.39, 0.29) is 24.1 Å². The van der Waals surface area contributed by atoms with Crippen LogP contribution in [0.4, 0.5) is 18.9 Å². The van der Waals surface area contributed by atoms with Crippen LogP contribution in [-0.4, -0.2) is 64.4 Å². The largest absolute Gasteiger partial charge is 0.483 e. The number of aliphatic hydroxyl groups is 1. The van der Waals surface area contributed by atoms with Gasteiger partial charge in [-0.3, -0.25) is 19.9 Å². The van der Waals surface area contributed by atoms with Gasteiger partial charge in [-0.1, -0.05) is 0 Å². The molecule has 1 atom stereocenters. The van der Waals surface area contributed by atoms with E-state index in [0.29, 0.717) is 18.9 Å². The Kier molecular flexibility index (Phi) is 6.65. The van der Waals surface area contributed by atoms with Gasteiger partial charge in [0.05, 0.1) is 22.8 Å². The van der Waals surface area contributed by atoms with Crippen LogP contribution in [0.1, 0.15) is 38.2 Å². The molecule has 1 unspecified atom stereocenters. The molecule has 162 valence electrons. The quantitative estimate of drug-likeness (QED) is 0.585. The van der Waals surface area contributed by atoms with Crippen molar-refractivity contribution in [1.82, 2.24) is 9.80 Å². The minimum Gasteiger partial charge on any atom is -0.483 e. The van der Waals surface area contributed by atoms with Crippen molar-refractivity contribution in [2.45, 2.75) is 57.2 Å². The van der Waals surface area contributed by atoms with Crippen LogP contribution in [0.2, 0.25) is 0 Å². The highest BCUT2D eigenvalue weighted by atomic mass is 19.4. The summed E-state index contributed by atoms with van der Waals surface area (Å²) in [5.41, 5.74) is -1.73. The topological polar surface area (TPSA) is 79.1 Å². The molecule has 0 saturated carbocycles. The van der Waals surface area contributed by atoms with E-state index in [9.17, 15) is 28.4 Å². The van der Waals surface area contributed by atoms with E-state index in [1.54, 1.807) is 0 Å². The maximum absolute atomic E-state index is 12.8. The van der Waals surface area contributed by atoms with Crippen molar-refractivity contribution in [3.05, 3.63) is 33.9 Å². The molecule has 0 aromatic heterocycles. The number of nitro benzene ring substituents is 1. The third kappa shape index (κ3) is 5.37. The van der Waals surface area contributed by atoms with Gasteiger partial charge in [0.15, 0.2) is 5.75 Å². The molecule has 3 rings (SSSR count). The van der Waals surface area contributed by atoms with Gasteiger partial charge in [0.25, 0.3) is 0 Å². The highest BCUT2D eigenvalue weighted by molar-refractivity contribution is 5.49. The Morgan fingerprint density at radius 2 is 1.69 bits per heavy atom. The molecule has 1 N–H and O–H groups in total. The number of hydrogen-bond donors (Lipinski definition) is 1. The van der Waals surface area contributed by atoms with E-state index < -0.39 is 22.4 Å². The van der Waals surface area contributed by atoms with Gasteiger partial charge in [0.2, 0.25) is 0 Å². The van der Waals surface area contributed by atoms with E-state index in [4.69, 9.17) is 4.74 Å². The molecule has 2 aliphatic rings. The molecule has 0 radical (unpaired) electrons. The molecule has 0 amide bonds. The molecule has 2 aliphatic heterocycles. The lowest BCUT2D eigenvalue weighted by molar-refractivity contribution is -0.386. The number of ether oxygens (including phenoxy) is 1. The Morgan fingerprint density at radius 3 is 2.21 bits per heavy atom. The van der Waals surface area contributed by atoms with E-state index in [0.717, 1.165) is 51.2 Å². The fourth-order valence-electron chi connectivity index (χ4n) is 3.97. The minimum absolute atomic E-state index is 0.125. The smallest absolute Gasteiger partial charge is 0.416 e. The lowest BCUT2D eigenvalue weighted by atomic mass is 10.0. The maximum atomic E-state index is 12.8. The molecule has 10 heteroatoms. The molecule has 0 bridgehead atoms. The van der Waals surface area contributed by atoms with Crippen molar-refractivity contribution in [1.29, 1.82) is 0 Å². The Balaban J connectivity index is 1.58. The van der Waals surface area contributed by atoms with E-state index >= 15 is 0 Å². The van der Waals surface area contributed by atoms with Gasteiger partial charge in [-0.2, -0.15) is 13.2 Å². The van der Waals surface area contributed by atoms with Crippen molar-refractivity contribution in [3.8, 4) is 5.75 Å². The van der Waals surface area contributed by atoms with Crippen LogP contribution in [0.5, 0.6) is 5.75 Å². The molecule has 2 heterocycles. The highest BCUT2D eigenvalue weighted by Gasteiger charge is 2.34. The highest BCUT2D eigenvalue weighted by Crippen LogP contribution is 2.37. The number of nitro groups is 1. The van der Waals surface area contributed by atoms with Crippen molar-refractivity contribution in [2.75, 3.05) is 26.2 Å². The summed E-state index contributed by atoms with van der Waals surface area (Å²) in [5, 5.41) is 20.9. The molecule has 2 saturated heterocycles. The van der Waals surface area contributed by atoms with E-state index in [2.05, 4.69) is 16.7 Å². The molecule has 29 heavy (non-hydrogen) atoms. The van der Waals surface area contributed by atoms with Gasteiger partial charge in [0.1, 0.15) is 6.10 Å². The molecule has 0 aliphatic carbocycles. The number of likely N-dealkylation sites (tertiary alicyclic amines) is 2. The molecule has 2 fully saturated rings. The molecule has 1 aromatic carbocycles. The number of piperidine rings is 2. The normalized spacial score (nSPS) is 21.8. The number of benzene rings is 1. The molecular weight excluding hydrogens is 391 g/mol. The van der Waals surface area contributed by atoms with Gasteiger partial charge in [-0.15, -0.1) is 0 Å². The predicted molar refractivity (Wildman–Crippen MR) is 99.6 cm³/mol. The first-order valence-corrected chi connectivity index (χ1v) is 9.83. The van der Waals surface area contributed by atoms with Crippen LogP contribution in [0.15, 0.2) is 18.2 Å². The SMILES string of the molecule is CC(N1CCC(O)CC1)N1CCC(Oc2ccc(C(F)(F)F)cc2[N+](=O)[O-])CC1. The Morgan fingerprint density at radius 1 is 1.14 bits per heavy atom. The molecular formula is C19H26F3N3O4. The standard InChI is InChI=1S/C19H26F3N3O4/c1-13(23-8-4-15(26)5-9-23)24-10-6-16(7-11-24)29-18-3-2-14(19(20,21)22)12-17(18)25(27)28/h2-3,12-13,15-16,26H,4-11H2,1H3. The average molecular weight is 417 g/mol. The Hall–Kier alpha value is -1.91. The number of halogens is 3. The van der Waals surface area contributed by atoms with Crippen LogP contribution >= 0.6 is 0 Å². The summed E-state index contributed by atoms with van der Waals surface area (Å²) in [6.07, 6.45) is -2.12. The van der Waals surface area contributed by atoms with Gasteiger partial charge in [-0.05, 0) is 44.7 Å². The summed E-state index contributed by atoms with van der Waals surface area (Å²) in [7, 11) is 0. The molecule has 7 nitrogen and oxygen atoms in total. The van der Waals surface area contributed by atoms with E-state index in [1.807, 2.05) is 0 Å². The predicted octanol–water partition coefficient (Wildman–Crippen LogP) is 3.26. The number of aliphatic hydroxyl groups excluding tert-OH is 1. The van der Waals surface area contributed by atoms with Gasteiger partial charge >= 0.3 is 11.9 Å². The number of rotatable bonds is 5. The van der Waals surface area contributed by atoms with Gasteiger partial charge in [-0.25, -0.2) is 0 Å². The van der Waals surface area contributed by atoms with Crippen LogP contribution < -0.4 is 4.74 Å². The van der Waals surface area contributed by atoms with Crippen molar-refractivity contribution < 1.29 is 27.9 Å². The summed E-state index contributed by atoms with van der Waals surface area (Å²) < 4.78 is 44.2. The maximum Gasteiger partial charge on any atom is 0.416 e. The van der Waals surface area contributed by atoms with Crippen LogP contribution in [-0.2, 0) is 6.18 Å². The van der Waals surface area contributed by atoms with Gasteiger partial charge in [0, 0.05) is 32.2 Å². The first-order chi connectivity index (χ1) is 13.6. The second-order valence-corrected chi connectivity index (χ2v) is 7.69. The number of hydrogen-bond acceptors (Lipinski definition) is 6. The molecule has 0 spiro atoms. The third-order valence-electron chi connectivity index (χ3n) is 5.81. The zero-order valence-electron chi connectivity index (χ0n) is 16.3. The number of nitrogens with zero attached hydrogens (tertiary/aromatic N) is 3. The second kappa shape index (κ2) is 8.85. The lowest BCUT2D eigenvalue weighted by Crippen LogP contribution is -2.53. The van der Waals surface area contributed by atoms with Gasteiger partial charge < -0.3 is 9.84 Å². The monoisotopic (exact) mass is 417 g/mol. The third-order valence-corrected chi connectivity index (χ3v) is 5.81. The van der Waals surface area contributed by atoms with Crippen LogP contribution in [0.3, 0.4) is 0 Å². The van der Waals surface area contributed by atoms with Crippen molar-refractivity contribution in [3.63, 3.8) is 0 Å². The average Bonchev–Trinajstić information content (AvgIpc) is 2.68. The molecule has 1 aromatic rings. The summed E-state index contributed by atoms with van der Waals surface area (Å²) in [6.45, 7) is 5.28. The minimum atomic E-state index is -4.64. The first-order valence-electron chi connectivity index (χ1n) is 9.83. The Labute approximate surface area is 167 Å². The zero-order chi connectivity index (χ0) is 21.2. The summed E-state index contributed by atoms with van der Waals surface area (Å²) >= 11 is 0. The number of alkyl halides is 3. The fourth-order valence-corrected chi connectivity index (χ4v) is 3.97. The van der Waals surface area contributed by atoms with Crippen molar-refractivity contribution >= 4 is 5.69 Å². The van der Waals surface area contributed by atoms with E-state index in [1.165, 1.54) is 0 Å².